The molecule has 1 unspecified atom stereocenters. The molecule has 5 nitrogen and oxygen atoms in total. The minimum absolute atomic E-state index is 0.0431. The van der Waals surface area contributed by atoms with Crippen molar-refractivity contribution in [1.29, 1.82) is 0 Å². The molecule has 1 saturated heterocycles. The van der Waals surface area contributed by atoms with Gasteiger partial charge in [-0.2, -0.15) is 0 Å². The van der Waals surface area contributed by atoms with Crippen LogP contribution in [0.3, 0.4) is 0 Å². The van der Waals surface area contributed by atoms with E-state index >= 15 is 0 Å². The maximum absolute atomic E-state index is 11.7. The Balaban J connectivity index is 1.90. The molecule has 2 rings (SSSR count). The lowest BCUT2D eigenvalue weighted by atomic mass is 10.2. The zero-order valence-corrected chi connectivity index (χ0v) is 14.0. The molecule has 0 spiro atoms. The van der Waals surface area contributed by atoms with E-state index in [1.54, 1.807) is 18.2 Å². The van der Waals surface area contributed by atoms with Gasteiger partial charge in [0.1, 0.15) is 18.5 Å². The number of nitrogens with one attached hydrogen (secondary N) is 1. The highest BCUT2D eigenvalue weighted by Crippen LogP contribution is 2.26. The van der Waals surface area contributed by atoms with Crippen LogP contribution in [0.5, 0.6) is 5.75 Å². The van der Waals surface area contributed by atoms with Crippen LogP contribution in [0.4, 0.5) is 0 Å². The lowest BCUT2D eigenvalue weighted by Gasteiger charge is -2.17. The fourth-order valence-corrected chi connectivity index (χ4v) is 2.47. The summed E-state index contributed by atoms with van der Waals surface area (Å²) in [4.78, 5) is 14.0. The number of nitrogens with zero attached hydrogens (tertiary/aromatic N) is 1. The van der Waals surface area contributed by atoms with Crippen molar-refractivity contribution in [1.82, 2.24) is 10.2 Å². The van der Waals surface area contributed by atoms with Gasteiger partial charge < -0.3 is 14.8 Å². The Morgan fingerprint density at radius 2 is 2.32 bits per heavy atom. The smallest absolute Gasteiger partial charge is 0.251 e. The van der Waals surface area contributed by atoms with E-state index in [-0.39, 0.29) is 12.0 Å². The SMILES string of the molecule is CCNC(=O)c1ccc(OCC2CN(C(C)C)CO2)c(Cl)c1. The Morgan fingerprint density at radius 1 is 1.55 bits per heavy atom. The zero-order chi connectivity index (χ0) is 16.1. The number of hydrogen-bond donors (Lipinski definition) is 1. The molecule has 0 bridgehead atoms. The van der Waals surface area contributed by atoms with E-state index in [2.05, 4.69) is 24.1 Å². The molecule has 0 aromatic heterocycles. The van der Waals surface area contributed by atoms with Gasteiger partial charge in [-0.25, -0.2) is 0 Å². The summed E-state index contributed by atoms with van der Waals surface area (Å²) in [6, 6.07) is 5.52. The van der Waals surface area contributed by atoms with E-state index in [1.807, 2.05) is 6.92 Å². The second-order valence-electron chi connectivity index (χ2n) is 5.60. The predicted octanol–water partition coefficient (Wildman–Crippen LogP) is 2.54. The third kappa shape index (κ3) is 4.35. The first kappa shape index (κ1) is 17.1. The van der Waals surface area contributed by atoms with Gasteiger partial charge in [-0.05, 0) is 39.0 Å². The Labute approximate surface area is 136 Å². The Kier molecular flexibility index (Phi) is 6.06. The van der Waals surface area contributed by atoms with Gasteiger partial charge in [-0.3, -0.25) is 9.69 Å². The number of ether oxygens (including phenoxy) is 2. The summed E-state index contributed by atoms with van der Waals surface area (Å²) in [5.41, 5.74) is 0.530. The second kappa shape index (κ2) is 7.81. The average Bonchev–Trinajstić information content (AvgIpc) is 2.95. The van der Waals surface area contributed by atoms with Crippen molar-refractivity contribution < 1.29 is 14.3 Å². The van der Waals surface area contributed by atoms with E-state index in [1.165, 1.54) is 0 Å². The molecule has 1 amide bonds. The van der Waals surface area contributed by atoms with Crippen molar-refractivity contribution in [3.63, 3.8) is 0 Å². The topological polar surface area (TPSA) is 50.8 Å². The first-order valence-electron chi connectivity index (χ1n) is 7.57. The van der Waals surface area contributed by atoms with Crippen LogP contribution in [0.1, 0.15) is 31.1 Å². The van der Waals surface area contributed by atoms with Crippen molar-refractivity contribution in [2.24, 2.45) is 0 Å². The molecular formula is C16H23ClN2O3. The summed E-state index contributed by atoms with van der Waals surface area (Å²) in [5.74, 6) is 0.434. The van der Waals surface area contributed by atoms with Gasteiger partial charge in [0.2, 0.25) is 0 Å². The predicted molar refractivity (Wildman–Crippen MR) is 86.5 cm³/mol. The monoisotopic (exact) mass is 326 g/mol. The van der Waals surface area contributed by atoms with Crippen LogP contribution < -0.4 is 10.1 Å². The molecule has 6 heteroatoms. The van der Waals surface area contributed by atoms with Crippen LogP contribution in [0.2, 0.25) is 5.02 Å². The number of rotatable bonds is 6. The van der Waals surface area contributed by atoms with Gasteiger partial charge >= 0.3 is 0 Å². The van der Waals surface area contributed by atoms with E-state index in [0.717, 1.165) is 6.54 Å². The normalized spacial score (nSPS) is 18.7. The Morgan fingerprint density at radius 3 is 2.91 bits per heavy atom. The molecule has 1 aromatic rings. The van der Waals surface area contributed by atoms with Crippen LogP contribution >= 0.6 is 11.6 Å². The van der Waals surface area contributed by atoms with Crippen LogP contribution in [0.25, 0.3) is 0 Å². The highest BCUT2D eigenvalue weighted by Gasteiger charge is 2.25. The molecule has 1 atom stereocenters. The van der Waals surface area contributed by atoms with Gasteiger partial charge in [0.05, 0.1) is 11.8 Å². The van der Waals surface area contributed by atoms with E-state index in [0.29, 0.717) is 42.3 Å². The minimum Gasteiger partial charge on any atom is -0.489 e. The molecular weight excluding hydrogens is 304 g/mol. The first-order valence-corrected chi connectivity index (χ1v) is 7.95. The number of carbonyl (C=O) groups excluding carboxylic acids is 1. The third-order valence-electron chi connectivity index (χ3n) is 3.60. The first-order chi connectivity index (χ1) is 10.5. The summed E-state index contributed by atoms with van der Waals surface area (Å²) < 4.78 is 11.4. The van der Waals surface area contributed by atoms with Gasteiger partial charge in [0, 0.05) is 24.7 Å². The Hall–Kier alpha value is -1.30. The maximum atomic E-state index is 11.7. The van der Waals surface area contributed by atoms with Crippen molar-refractivity contribution in [3.8, 4) is 5.75 Å². The van der Waals surface area contributed by atoms with Crippen LogP contribution in [-0.2, 0) is 4.74 Å². The fraction of sp³-hybridized carbons (Fsp3) is 0.562. The molecule has 1 aliphatic rings. The molecule has 0 saturated carbocycles. The van der Waals surface area contributed by atoms with Crippen molar-refractivity contribution >= 4 is 17.5 Å². The quantitative estimate of drug-likeness (QED) is 0.873. The summed E-state index contributed by atoms with van der Waals surface area (Å²) >= 11 is 6.18. The lowest BCUT2D eigenvalue weighted by molar-refractivity contribution is 0.0551. The van der Waals surface area contributed by atoms with E-state index in [9.17, 15) is 4.79 Å². The Bertz CT molecular complexity index is 522. The van der Waals surface area contributed by atoms with Crippen LogP contribution in [0, 0.1) is 0 Å². The molecule has 1 fully saturated rings. The highest BCUT2D eigenvalue weighted by molar-refractivity contribution is 6.32. The number of carbonyl (C=O) groups is 1. The van der Waals surface area contributed by atoms with Gasteiger partial charge in [-0.15, -0.1) is 0 Å². The average molecular weight is 327 g/mol. The third-order valence-corrected chi connectivity index (χ3v) is 3.90. The van der Waals surface area contributed by atoms with Crippen molar-refractivity contribution in [2.75, 3.05) is 26.4 Å². The number of hydrogen-bond acceptors (Lipinski definition) is 4. The summed E-state index contributed by atoms with van der Waals surface area (Å²) in [6.07, 6.45) is 0.0431. The van der Waals surface area contributed by atoms with E-state index < -0.39 is 0 Å². The summed E-state index contributed by atoms with van der Waals surface area (Å²) in [6.45, 7) is 8.68. The number of halogens is 1. The van der Waals surface area contributed by atoms with E-state index in [4.69, 9.17) is 21.1 Å². The summed E-state index contributed by atoms with van der Waals surface area (Å²) in [5, 5.41) is 3.17. The highest BCUT2D eigenvalue weighted by atomic mass is 35.5. The van der Waals surface area contributed by atoms with Gasteiger partial charge in [0.25, 0.3) is 5.91 Å². The van der Waals surface area contributed by atoms with Gasteiger partial charge in [-0.1, -0.05) is 11.6 Å². The largest absolute Gasteiger partial charge is 0.489 e. The molecule has 122 valence electrons. The number of amides is 1. The molecule has 0 radical (unpaired) electrons. The van der Waals surface area contributed by atoms with Crippen LogP contribution in [-0.4, -0.2) is 49.4 Å². The standard InChI is InChI=1S/C16H23ClN2O3/c1-4-18-16(20)12-5-6-15(14(17)7-12)21-9-13-8-19(10-22-13)11(2)3/h5-7,11,13H,4,8-10H2,1-3H3,(H,18,20). The minimum atomic E-state index is -0.136. The van der Waals surface area contributed by atoms with Crippen LogP contribution in [0.15, 0.2) is 18.2 Å². The molecule has 1 N–H and O–H groups in total. The molecule has 0 aliphatic carbocycles. The molecule has 1 aromatic carbocycles. The molecule has 22 heavy (non-hydrogen) atoms. The summed E-state index contributed by atoms with van der Waals surface area (Å²) in [7, 11) is 0. The second-order valence-corrected chi connectivity index (χ2v) is 6.01. The molecule has 1 heterocycles. The zero-order valence-electron chi connectivity index (χ0n) is 13.3. The van der Waals surface area contributed by atoms with Crippen molar-refractivity contribution in [2.45, 2.75) is 32.9 Å². The van der Waals surface area contributed by atoms with Gasteiger partial charge in [0.15, 0.2) is 0 Å². The van der Waals surface area contributed by atoms with Crippen molar-refractivity contribution in [3.05, 3.63) is 28.8 Å². The fourth-order valence-electron chi connectivity index (χ4n) is 2.23. The lowest BCUT2D eigenvalue weighted by Crippen LogP contribution is -2.30. The maximum Gasteiger partial charge on any atom is 0.251 e. The molecule has 1 aliphatic heterocycles. The number of benzene rings is 1.